The molecule has 0 fully saturated rings. The Bertz CT molecular complexity index is 2870. The van der Waals surface area contributed by atoms with Gasteiger partial charge in [-0.3, -0.25) is 4.79 Å². The summed E-state index contributed by atoms with van der Waals surface area (Å²) in [5.74, 6) is 0.133. The zero-order chi connectivity index (χ0) is 57.9. The van der Waals surface area contributed by atoms with Crippen molar-refractivity contribution in [2.75, 3.05) is 0 Å². The molecule has 7 rings (SSSR count). The van der Waals surface area contributed by atoms with Gasteiger partial charge in [0, 0.05) is 23.9 Å². The van der Waals surface area contributed by atoms with E-state index in [1.807, 2.05) is 53.2 Å². The Hall–Kier alpha value is -7.22. The zero-order valence-corrected chi connectivity index (χ0v) is 38.0. The number of alkyl halides is 24. The van der Waals surface area contributed by atoms with Crippen molar-refractivity contribution in [1.29, 1.82) is 0 Å². The number of aryl methyl sites for hydroxylation is 1. The highest BCUT2D eigenvalue weighted by molar-refractivity contribution is 7.20. The molecular formula is C50H28BF24NO. The highest BCUT2D eigenvalue weighted by Crippen LogP contribution is 2.41. The summed E-state index contributed by atoms with van der Waals surface area (Å²) in [4.78, 5) is 12.3. The molecule has 0 aliphatic rings. The topological polar surface area (TPSA) is 20.9 Å². The molecule has 0 radical (unpaired) electrons. The van der Waals surface area contributed by atoms with Crippen molar-refractivity contribution >= 4 is 44.6 Å². The van der Waals surface area contributed by atoms with Gasteiger partial charge in [0.25, 0.3) is 0 Å². The predicted octanol–water partition coefficient (Wildman–Crippen LogP) is 14.5. The quantitative estimate of drug-likeness (QED) is 0.0674. The third-order valence-corrected chi connectivity index (χ3v) is 12.1. The second kappa shape index (κ2) is 20.3. The zero-order valence-electron chi connectivity index (χ0n) is 38.0. The van der Waals surface area contributed by atoms with Crippen LogP contribution in [0.2, 0.25) is 0 Å². The molecule has 0 aliphatic heterocycles. The maximum atomic E-state index is 14.2. The van der Waals surface area contributed by atoms with Crippen LogP contribution in [0.3, 0.4) is 0 Å². The first-order valence-electron chi connectivity index (χ1n) is 21.3. The minimum atomic E-state index is -6.13. The van der Waals surface area contributed by atoms with Crippen LogP contribution in [0.5, 0.6) is 0 Å². The molecule has 0 N–H and O–H groups in total. The molecule has 7 aromatic rings. The Labute approximate surface area is 417 Å². The number of fused-ring (bicyclic) bond motifs is 1. The lowest BCUT2D eigenvalue weighted by Crippen LogP contribution is -2.75. The number of halogens is 24. The number of benzene rings is 6. The number of rotatable bonds is 7. The number of Topliss-reactive ketones (excluding diaryl/α,β-unsaturated/α-hetero) is 1. The van der Waals surface area contributed by atoms with Gasteiger partial charge in [-0.25, -0.2) is 0 Å². The van der Waals surface area contributed by atoms with Gasteiger partial charge in [-0.2, -0.15) is 132 Å². The number of pyridine rings is 1. The third-order valence-electron chi connectivity index (χ3n) is 12.1. The van der Waals surface area contributed by atoms with Crippen LogP contribution in [-0.4, -0.2) is 11.9 Å². The second-order valence-corrected chi connectivity index (χ2v) is 17.1. The number of carbonyl (C=O) groups excluding carboxylic acids is 1. The smallest absolute Gasteiger partial charge is 0.287 e. The molecule has 0 amide bonds. The number of carbonyl (C=O) groups is 1. The van der Waals surface area contributed by atoms with E-state index in [2.05, 4.69) is 25.1 Å². The van der Waals surface area contributed by atoms with E-state index in [-0.39, 0.29) is 5.78 Å². The van der Waals surface area contributed by atoms with E-state index < -0.39 is 195 Å². The number of hydrogen-bond donors (Lipinski definition) is 0. The fourth-order valence-corrected chi connectivity index (χ4v) is 8.52. The van der Waals surface area contributed by atoms with Gasteiger partial charge in [-0.15, -0.1) is 0 Å². The van der Waals surface area contributed by atoms with E-state index in [1.54, 1.807) is 0 Å². The van der Waals surface area contributed by atoms with Crippen LogP contribution in [0.4, 0.5) is 105 Å². The maximum absolute atomic E-state index is 14.2. The molecular weight excluding hydrogens is 1100 g/mol. The lowest BCUT2D eigenvalue weighted by Gasteiger charge is -2.46. The summed E-state index contributed by atoms with van der Waals surface area (Å²) in [5, 5.41) is 2.39. The summed E-state index contributed by atoms with van der Waals surface area (Å²) in [5.41, 5.74) is -28.3. The average Bonchev–Trinajstić information content (AvgIpc) is 3.30. The number of hydrogen-bond acceptors (Lipinski definition) is 1. The van der Waals surface area contributed by atoms with Gasteiger partial charge in [-0.1, -0.05) is 97.1 Å². The van der Waals surface area contributed by atoms with E-state index in [0.29, 0.717) is 6.54 Å². The molecule has 2 nitrogen and oxygen atoms in total. The van der Waals surface area contributed by atoms with E-state index in [0.717, 1.165) is 11.3 Å². The molecule has 0 spiro atoms. The van der Waals surface area contributed by atoms with Crippen molar-refractivity contribution in [2.24, 2.45) is 0 Å². The first-order valence-corrected chi connectivity index (χ1v) is 21.3. The summed E-state index contributed by atoms with van der Waals surface area (Å²) >= 11 is 0. The largest absolute Gasteiger partial charge is 0.416 e. The summed E-state index contributed by atoms with van der Waals surface area (Å²) in [6.07, 6.45) is -52.8. The average molecular weight is 1130 g/mol. The SMILES string of the molecule is Cc1c2ccccc2cc[n+]1CC(=O)c1ccccc1.FC(F)(F)c1cc([B-](c2cc(C(F)(F)F)cc(C(F)(F)F)c2)(c2cc(C(F)(F)F)cc(C(F)(F)F)c2)c2cc(C(F)(F)F)cc(C(F)(F)F)c2)cc(C(F)(F)F)c1. The minimum Gasteiger partial charge on any atom is -0.287 e. The molecule has 410 valence electrons. The van der Waals surface area contributed by atoms with Crippen molar-refractivity contribution < 1.29 is 115 Å². The maximum Gasteiger partial charge on any atom is 0.416 e. The van der Waals surface area contributed by atoms with Gasteiger partial charge in [0.15, 0.2) is 11.9 Å². The fourth-order valence-electron chi connectivity index (χ4n) is 8.52. The second-order valence-electron chi connectivity index (χ2n) is 17.1. The van der Waals surface area contributed by atoms with Crippen LogP contribution < -0.4 is 26.4 Å². The molecule has 0 saturated heterocycles. The van der Waals surface area contributed by atoms with Gasteiger partial charge >= 0.3 is 49.4 Å². The van der Waals surface area contributed by atoms with E-state index in [4.69, 9.17) is 0 Å². The lowest BCUT2D eigenvalue weighted by molar-refractivity contribution is -0.687. The van der Waals surface area contributed by atoms with Crippen molar-refractivity contribution in [2.45, 2.75) is 62.9 Å². The normalized spacial score (nSPS) is 13.4. The minimum absolute atomic E-state index is 0.133. The van der Waals surface area contributed by atoms with E-state index in [1.165, 1.54) is 10.8 Å². The summed E-state index contributed by atoms with van der Waals surface area (Å²) in [7, 11) is 0. The summed E-state index contributed by atoms with van der Waals surface area (Å²) in [6.45, 7) is 2.43. The van der Waals surface area contributed by atoms with Crippen molar-refractivity contribution in [3.8, 4) is 0 Å². The van der Waals surface area contributed by atoms with Crippen LogP contribution in [0, 0.1) is 6.92 Å². The van der Waals surface area contributed by atoms with Crippen molar-refractivity contribution in [3.63, 3.8) is 0 Å². The Morgan fingerprint density at radius 1 is 0.364 bits per heavy atom. The molecule has 0 bridgehead atoms. The summed E-state index contributed by atoms with van der Waals surface area (Å²) in [6, 6.07) is 10.9. The Morgan fingerprint density at radius 2 is 0.623 bits per heavy atom. The predicted molar refractivity (Wildman–Crippen MR) is 230 cm³/mol. The van der Waals surface area contributed by atoms with Crippen molar-refractivity contribution in [3.05, 3.63) is 195 Å². The molecule has 77 heavy (non-hydrogen) atoms. The lowest BCUT2D eigenvalue weighted by atomic mass is 9.12. The van der Waals surface area contributed by atoms with Gasteiger partial charge in [0.1, 0.15) is 6.15 Å². The van der Waals surface area contributed by atoms with Crippen LogP contribution >= 0.6 is 0 Å². The van der Waals surface area contributed by atoms with E-state index in [9.17, 15) is 110 Å². The Balaban J connectivity index is 0.000000397. The molecule has 0 atom stereocenters. The van der Waals surface area contributed by atoms with Gasteiger partial charge in [0.2, 0.25) is 12.3 Å². The Kier molecular flexibility index (Phi) is 15.6. The monoisotopic (exact) mass is 1130 g/mol. The number of ketones is 1. The first-order chi connectivity index (χ1) is 35.0. The standard InChI is InChI=1S/C32H12BF24.C18H16NO/c34-25(35,36)13-1-14(26(37,38)39)6-21(5-13)33(22-7-15(27(40,41)42)2-16(8-22)28(43,44)45,23-9-17(29(46,47)48)3-18(10-23)30(49,50)51)24-11-19(31(52,53)54)4-20(12-24)32(55,56)57;1-14-17-10-6-5-7-15(17)11-12-19(14)13-18(20)16-8-3-2-4-9-16/h1-12H;2-12H,13H2,1H3/q-1;+1. The molecule has 0 unspecified atom stereocenters. The Morgan fingerprint density at radius 3 is 0.896 bits per heavy atom. The molecule has 6 aromatic carbocycles. The molecule has 1 heterocycles. The molecule has 0 saturated carbocycles. The first kappa shape index (κ1) is 59.0. The van der Waals surface area contributed by atoms with Crippen molar-refractivity contribution in [1.82, 2.24) is 0 Å². The van der Waals surface area contributed by atoms with Gasteiger partial charge in [0.05, 0.1) is 44.5 Å². The number of nitrogens with zero attached hydrogens (tertiary/aromatic N) is 1. The van der Waals surface area contributed by atoms with Crippen LogP contribution in [-0.2, 0) is 56.0 Å². The van der Waals surface area contributed by atoms with Crippen LogP contribution in [0.1, 0.15) is 60.6 Å². The van der Waals surface area contributed by atoms with Crippen LogP contribution in [0.15, 0.2) is 140 Å². The summed E-state index contributed by atoms with van der Waals surface area (Å²) < 4.78 is 343. The highest BCUT2D eigenvalue weighted by atomic mass is 19.4. The third kappa shape index (κ3) is 13.1. The van der Waals surface area contributed by atoms with Gasteiger partial charge < -0.3 is 0 Å². The van der Waals surface area contributed by atoms with Gasteiger partial charge in [-0.05, 0) is 35.7 Å². The van der Waals surface area contributed by atoms with Crippen LogP contribution in [0.25, 0.3) is 10.8 Å². The number of aromatic nitrogens is 1. The van der Waals surface area contributed by atoms with E-state index >= 15 is 0 Å². The fraction of sp³-hybridized carbons (Fsp3) is 0.200. The molecule has 27 heteroatoms. The molecule has 1 aromatic heterocycles. The molecule has 0 aliphatic carbocycles. The highest BCUT2D eigenvalue weighted by Gasteiger charge is 2.47.